The maximum atomic E-state index is 13.1. The Morgan fingerprint density at radius 3 is 2.41 bits per heavy atom. The predicted molar refractivity (Wildman–Crippen MR) is 131 cm³/mol. The number of rotatable bonds is 7. The summed E-state index contributed by atoms with van der Waals surface area (Å²) >= 11 is 3.52. The third kappa shape index (κ3) is 5.17. The molecule has 0 bridgehead atoms. The fraction of sp³-hybridized carbons (Fsp3) is 0.346. The molecule has 2 aliphatic rings. The fourth-order valence-electron chi connectivity index (χ4n) is 4.21. The molecule has 1 saturated heterocycles. The third-order valence-corrected chi connectivity index (χ3v) is 6.69. The van der Waals surface area contributed by atoms with Crippen molar-refractivity contribution in [3.05, 3.63) is 63.1 Å². The zero-order valence-corrected chi connectivity index (χ0v) is 20.8. The van der Waals surface area contributed by atoms with Crippen molar-refractivity contribution in [2.75, 3.05) is 6.61 Å². The molecule has 0 radical (unpaired) electrons. The molecule has 0 atom stereocenters. The summed E-state index contributed by atoms with van der Waals surface area (Å²) in [4.78, 5) is 39.2. The van der Waals surface area contributed by atoms with E-state index in [9.17, 15) is 14.4 Å². The van der Waals surface area contributed by atoms with Crippen LogP contribution in [0.1, 0.15) is 49.3 Å². The highest BCUT2D eigenvalue weighted by atomic mass is 79.9. The number of amides is 4. The van der Waals surface area contributed by atoms with Crippen LogP contribution in [0.5, 0.6) is 11.5 Å². The molecule has 178 valence electrons. The molecular weight excluding hydrogens is 500 g/mol. The number of barbiturate groups is 1. The molecule has 7 nitrogen and oxygen atoms in total. The maximum Gasteiger partial charge on any atom is 0.331 e. The standard InChI is InChI=1S/C26H27BrN2O5/c1-3-33-22-13-18(21(27)14-23(22)34-15-17-10-8-16(2)9-11-17)12-20-24(30)28-26(32)29(25(20)31)19-6-4-5-7-19/h8-14,19H,3-7,15H2,1-2H3,(H,28,30,32)/b20-12+. The first kappa shape index (κ1) is 24.0. The molecule has 8 heteroatoms. The lowest BCUT2D eigenvalue weighted by Gasteiger charge is -2.31. The molecule has 1 saturated carbocycles. The van der Waals surface area contributed by atoms with Gasteiger partial charge in [-0.25, -0.2) is 4.79 Å². The van der Waals surface area contributed by atoms with Gasteiger partial charge in [-0.05, 0) is 56.0 Å². The highest BCUT2D eigenvalue weighted by molar-refractivity contribution is 9.10. The van der Waals surface area contributed by atoms with Crippen molar-refractivity contribution in [2.45, 2.75) is 52.2 Å². The van der Waals surface area contributed by atoms with E-state index in [1.165, 1.54) is 16.5 Å². The summed E-state index contributed by atoms with van der Waals surface area (Å²) < 4.78 is 12.4. The molecule has 1 N–H and O–H groups in total. The molecule has 0 spiro atoms. The van der Waals surface area contributed by atoms with Crippen molar-refractivity contribution in [3.63, 3.8) is 0 Å². The monoisotopic (exact) mass is 526 g/mol. The second-order valence-electron chi connectivity index (χ2n) is 8.46. The van der Waals surface area contributed by atoms with E-state index in [0.717, 1.165) is 31.2 Å². The molecule has 2 aromatic rings. The number of urea groups is 1. The Morgan fingerprint density at radius 2 is 1.74 bits per heavy atom. The molecule has 34 heavy (non-hydrogen) atoms. The normalized spacial score (nSPS) is 17.9. The Hall–Kier alpha value is -3.13. The van der Waals surface area contributed by atoms with Crippen LogP contribution in [-0.2, 0) is 16.2 Å². The van der Waals surface area contributed by atoms with Crippen LogP contribution in [0.3, 0.4) is 0 Å². The van der Waals surface area contributed by atoms with E-state index in [1.807, 2.05) is 38.1 Å². The minimum atomic E-state index is -0.700. The summed E-state index contributed by atoms with van der Waals surface area (Å²) in [6.07, 6.45) is 4.92. The van der Waals surface area contributed by atoms with Crippen LogP contribution in [0.25, 0.3) is 6.08 Å². The molecule has 4 rings (SSSR count). The summed E-state index contributed by atoms with van der Waals surface area (Å²) in [6, 6.07) is 10.7. The second kappa shape index (κ2) is 10.4. The first-order chi connectivity index (χ1) is 16.4. The summed E-state index contributed by atoms with van der Waals surface area (Å²) in [6.45, 7) is 4.68. The predicted octanol–water partition coefficient (Wildman–Crippen LogP) is 5.14. The van der Waals surface area contributed by atoms with E-state index >= 15 is 0 Å². The zero-order valence-electron chi connectivity index (χ0n) is 19.2. The quantitative estimate of drug-likeness (QED) is 0.398. The number of hydrogen-bond acceptors (Lipinski definition) is 5. The lowest BCUT2D eigenvalue weighted by atomic mass is 10.0. The van der Waals surface area contributed by atoms with Crippen LogP contribution in [0.2, 0.25) is 0 Å². The van der Waals surface area contributed by atoms with Crippen molar-refractivity contribution in [1.82, 2.24) is 10.2 Å². The van der Waals surface area contributed by atoms with E-state index < -0.39 is 17.8 Å². The number of carbonyl (C=O) groups excluding carboxylic acids is 3. The van der Waals surface area contributed by atoms with Crippen molar-refractivity contribution in [1.29, 1.82) is 0 Å². The number of ether oxygens (including phenoxy) is 2. The second-order valence-corrected chi connectivity index (χ2v) is 9.31. The average molecular weight is 527 g/mol. The van der Waals surface area contributed by atoms with Crippen LogP contribution in [0.4, 0.5) is 4.79 Å². The summed E-state index contributed by atoms with van der Waals surface area (Å²) in [5, 5.41) is 2.31. The molecule has 2 fully saturated rings. The van der Waals surface area contributed by atoms with Gasteiger partial charge in [-0.2, -0.15) is 0 Å². The van der Waals surface area contributed by atoms with Gasteiger partial charge < -0.3 is 9.47 Å². The van der Waals surface area contributed by atoms with Gasteiger partial charge in [-0.3, -0.25) is 19.8 Å². The number of aryl methyl sites for hydroxylation is 1. The fourth-order valence-corrected chi connectivity index (χ4v) is 4.65. The molecule has 1 heterocycles. The van der Waals surface area contributed by atoms with Crippen molar-refractivity contribution in [2.24, 2.45) is 0 Å². The molecule has 4 amide bonds. The van der Waals surface area contributed by atoms with Crippen LogP contribution >= 0.6 is 15.9 Å². The summed E-state index contributed by atoms with van der Waals surface area (Å²) in [5.74, 6) is -0.227. The van der Waals surface area contributed by atoms with E-state index in [-0.39, 0.29) is 11.6 Å². The van der Waals surface area contributed by atoms with Gasteiger partial charge in [-0.1, -0.05) is 58.6 Å². The van der Waals surface area contributed by atoms with Gasteiger partial charge in [0.2, 0.25) is 0 Å². The summed E-state index contributed by atoms with van der Waals surface area (Å²) in [5.41, 5.74) is 2.69. The third-order valence-electron chi connectivity index (χ3n) is 6.00. The van der Waals surface area contributed by atoms with E-state index in [2.05, 4.69) is 21.2 Å². The number of hydrogen-bond donors (Lipinski definition) is 1. The van der Waals surface area contributed by atoms with Crippen LogP contribution < -0.4 is 14.8 Å². The minimum absolute atomic E-state index is 0.0806. The lowest BCUT2D eigenvalue weighted by molar-refractivity contribution is -0.131. The van der Waals surface area contributed by atoms with E-state index in [1.54, 1.807) is 12.1 Å². The lowest BCUT2D eigenvalue weighted by Crippen LogP contribution is -2.57. The largest absolute Gasteiger partial charge is 0.490 e. The zero-order chi connectivity index (χ0) is 24.2. The molecule has 0 aromatic heterocycles. The van der Waals surface area contributed by atoms with Gasteiger partial charge >= 0.3 is 6.03 Å². The smallest absolute Gasteiger partial charge is 0.331 e. The van der Waals surface area contributed by atoms with Gasteiger partial charge in [0.15, 0.2) is 11.5 Å². The Labute approximate surface area is 207 Å². The van der Waals surface area contributed by atoms with Gasteiger partial charge in [-0.15, -0.1) is 0 Å². The molecular formula is C26H27BrN2O5. The van der Waals surface area contributed by atoms with Crippen molar-refractivity contribution in [3.8, 4) is 11.5 Å². The Morgan fingerprint density at radius 1 is 1.06 bits per heavy atom. The van der Waals surface area contributed by atoms with Gasteiger partial charge in [0.05, 0.1) is 6.61 Å². The topological polar surface area (TPSA) is 84.9 Å². The first-order valence-electron chi connectivity index (χ1n) is 11.4. The average Bonchev–Trinajstić information content (AvgIpc) is 3.32. The number of nitrogens with one attached hydrogen (secondary N) is 1. The van der Waals surface area contributed by atoms with Gasteiger partial charge in [0.25, 0.3) is 11.8 Å². The summed E-state index contributed by atoms with van der Waals surface area (Å²) in [7, 11) is 0. The molecule has 1 aliphatic carbocycles. The number of nitrogens with zero attached hydrogens (tertiary/aromatic N) is 1. The highest BCUT2D eigenvalue weighted by Crippen LogP contribution is 2.36. The van der Waals surface area contributed by atoms with Crippen molar-refractivity contribution < 1.29 is 23.9 Å². The van der Waals surface area contributed by atoms with Crippen molar-refractivity contribution >= 4 is 39.9 Å². The Bertz CT molecular complexity index is 1140. The number of carbonyl (C=O) groups is 3. The number of benzene rings is 2. The Kier molecular flexibility index (Phi) is 7.36. The molecule has 0 unspecified atom stereocenters. The molecule has 2 aromatic carbocycles. The van der Waals surface area contributed by atoms with Crippen LogP contribution in [0, 0.1) is 6.92 Å². The van der Waals surface area contributed by atoms with E-state index in [4.69, 9.17) is 9.47 Å². The Balaban J connectivity index is 1.62. The van der Waals surface area contributed by atoms with Crippen LogP contribution in [0.15, 0.2) is 46.4 Å². The molecule has 1 aliphatic heterocycles. The van der Waals surface area contributed by atoms with Crippen LogP contribution in [-0.4, -0.2) is 35.4 Å². The van der Waals surface area contributed by atoms with E-state index in [0.29, 0.717) is 34.7 Å². The number of halogens is 1. The maximum absolute atomic E-state index is 13.1. The minimum Gasteiger partial charge on any atom is -0.490 e. The van der Waals surface area contributed by atoms with Gasteiger partial charge in [0.1, 0.15) is 12.2 Å². The number of imide groups is 2. The highest BCUT2D eigenvalue weighted by Gasteiger charge is 2.40. The SMILES string of the molecule is CCOc1cc(/C=C2\C(=O)NC(=O)N(C3CCCC3)C2=O)c(Br)cc1OCc1ccc(C)cc1. The first-order valence-corrected chi connectivity index (χ1v) is 12.2. The van der Waals surface area contributed by atoms with Gasteiger partial charge in [0, 0.05) is 10.5 Å².